The molecule has 0 saturated heterocycles. The maximum absolute atomic E-state index is 12.6. The van der Waals surface area contributed by atoms with E-state index in [4.69, 9.17) is 4.74 Å². The van der Waals surface area contributed by atoms with E-state index in [9.17, 15) is 4.79 Å². The van der Waals surface area contributed by atoms with Gasteiger partial charge in [0.05, 0.1) is 5.41 Å². The Kier molecular flexibility index (Phi) is 6.55. The Morgan fingerprint density at radius 1 is 0.788 bits per heavy atom. The number of aromatic nitrogens is 1. The van der Waals surface area contributed by atoms with Crippen LogP contribution in [0.3, 0.4) is 0 Å². The third-order valence-corrected chi connectivity index (χ3v) is 5.96. The Morgan fingerprint density at radius 3 is 1.64 bits per heavy atom. The molecule has 1 aromatic heterocycles. The smallest absolute Gasteiger partial charge is 0.303 e. The maximum Gasteiger partial charge on any atom is 0.303 e. The minimum Gasteiger partial charge on any atom is -0.456 e. The minimum atomic E-state index is -0.802. The number of nitrogens with zero attached hydrogens (tertiary/aromatic N) is 2. The Balaban J connectivity index is 2.16. The average Bonchev–Trinajstić information content (AvgIpc) is 2.85. The van der Waals surface area contributed by atoms with Gasteiger partial charge in [0.15, 0.2) is 0 Å². The van der Waals surface area contributed by atoms with Gasteiger partial charge in [-0.25, -0.2) is 0 Å². The van der Waals surface area contributed by atoms with Crippen LogP contribution < -0.4 is 4.90 Å². The first kappa shape index (κ1) is 22.3. The van der Waals surface area contributed by atoms with E-state index in [1.807, 2.05) is 85.9 Å². The zero-order valence-corrected chi connectivity index (χ0v) is 19.2. The molecule has 33 heavy (non-hydrogen) atoms. The largest absolute Gasteiger partial charge is 0.456 e. The van der Waals surface area contributed by atoms with Crippen LogP contribution in [0.4, 0.5) is 5.69 Å². The monoisotopic (exact) mass is 436 g/mol. The highest BCUT2D eigenvalue weighted by atomic mass is 16.5. The van der Waals surface area contributed by atoms with Gasteiger partial charge in [0.2, 0.25) is 0 Å². The number of rotatable bonds is 7. The lowest BCUT2D eigenvalue weighted by molar-refractivity contribution is -0.149. The third-order valence-electron chi connectivity index (χ3n) is 5.96. The highest BCUT2D eigenvalue weighted by molar-refractivity contribution is 5.69. The molecule has 0 aliphatic carbocycles. The highest BCUT2D eigenvalue weighted by Crippen LogP contribution is 2.51. The zero-order chi connectivity index (χ0) is 23.3. The summed E-state index contributed by atoms with van der Waals surface area (Å²) in [6, 6.07) is 32.7. The molecule has 0 aliphatic rings. The number of carbonyl (C=O) groups excluding carboxylic acids is 1. The van der Waals surface area contributed by atoms with Crippen molar-refractivity contribution in [2.45, 2.75) is 18.4 Å². The normalized spacial score (nSPS) is 12.1. The Morgan fingerprint density at radius 2 is 1.24 bits per heavy atom. The molecule has 0 amide bonds. The van der Waals surface area contributed by atoms with Crippen molar-refractivity contribution in [2.75, 3.05) is 19.0 Å². The number of esters is 1. The van der Waals surface area contributed by atoms with E-state index in [0.29, 0.717) is 0 Å². The van der Waals surface area contributed by atoms with E-state index in [0.717, 1.165) is 27.9 Å². The highest BCUT2D eigenvalue weighted by Gasteiger charge is 2.47. The van der Waals surface area contributed by atoms with Gasteiger partial charge in [0, 0.05) is 44.7 Å². The Hall–Kier alpha value is -3.92. The summed E-state index contributed by atoms with van der Waals surface area (Å²) in [6.45, 7) is 1.46. The molecule has 0 radical (unpaired) electrons. The molecule has 1 unspecified atom stereocenters. The second-order valence-electron chi connectivity index (χ2n) is 8.22. The predicted octanol–water partition coefficient (Wildman–Crippen LogP) is 5.79. The molecule has 3 aromatic carbocycles. The van der Waals surface area contributed by atoms with Gasteiger partial charge in [-0.05, 0) is 22.8 Å². The molecule has 166 valence electrons. The van der Waals surface area contributed by atoms with Crippen LogP contribution in [-0.4, -0.2) is 25.0 Å². The van der Waals surface area contributed by atoms with E-state index in [-0.39, 0.29) is 5.97 Å². The fourth-order valence-corrected chi connectivity index (χ4v) is 4.62. The topological polar surface area (TPSA) is 42.4 Å². The first-order valence-corrected chi connectivity index (χ1v) is 11.0. The van der Waals surface area contributed by atoms with Crippen molar-refractivity contribution in [1.82, 2.24) is 4.98 Å². The molecule has 4 nitrogen and oxygen atoms in total. The van der Waals surface area contributed by atoms with Crippen molar-refractivity contribution in [3.05, 3.63) is 132 Å². The summed E-state index contributed by atoms with van der Waals surface area (Å²) in [4.78, 5) is 19.1. The zero-order valence-electron chi connectivity index (χ0n) is 19.2. The summed E-state index contributed by atoms with van der Waals surface area (Å²) in [5, 5.41) is 0. The molecule has 1 atom stereocenters. The molecule has 0 spiro atoms. The van der Waals surface area contributed by atoms with Gasteiger partial charge in [-0.2, -0.15) is 0 Å². The SMILES string of the molecule is CC(=O)OC(c1cnccc1N(C)C)C(c1ccccc1)(c1ccccc1)c1ccccc1. The fourth-order valence-electron chi connectivity index (χ4n) is 4.62. The van der Waals surface area contributed by atoms with E-state index >= 15 is 0 Å². The van der Waals surface area contributed by atoms with Crippen molar-refractivity contribution < 1.29 is 9.53 Å². The van der Waals surface area contributed by atoms with Crippen LogP contribution in [-0.2, 0) is 14.9 Å². The number of pyridine rings is 1. The van der Waals surface area contributed by atoms with Gasteiger partial charge in [-0.15, -0.1) is 0 Å². The number of benzene rings is 3. The molecule has 4 heteroatoms. The number of hydrogen-bond acceptors (Lipinski definition) is 4. The molecular weight excluding hydrogens is 408 g/mol. The molecule has 0 N–H and O–H groups in total. The standard InChI is InChI=1S/C29H28N2O2/c1-22(32)33-28(26-21-30-20-19-27(26)31(2)3)29(23-13-7-4-8-14-23,24-15-9-5-10-16-24)25-17-11-6-12-18-25/h4-21,28H,1-3H3. The summed E-state index contributed by atoms with van der Waals surface area (Å²) >= 11 is 0. The molecule has 4 aromatic rings. The Bertz CT molecular complexity index is 1100. The molecule has 1 heterocycles. The molecular formula is C29H28N2O2. The Labute approximate surface area is 195 Å². The van der Waals surface area contributed by atoms with Crippen LogP contribution in [0.5, 0.6) is 0 Å². The van der Waals surface area contributed by atoms with Gasteiger partial charge in [0.1, 0.15) is 6.10 Å². The second-order valence-corrected chi connectivity index (χ2v) is 8.22. The van der Waals surface area contributed by atoms with Crippen LogP contribution in [0.15, 0.2) is 109 Å². The first-order chi connectivity index (χ1) is 16.0. The minimum absolute atomic E-state index is 0.347. The summed E-state index contributed by atoms with van der Waals surface area (Å²) in [5.41, 5.74) is 4.08. The lowest BCUT2D eigenvalue weighted by Gasteiger charge is -2.42. The van der Waals surface area contributed by atoms with Crippen LogP contribution in [0.1, 0.15) is 35.3 Å². The van der Waals surface area contributed by atoms with Crippen molar-refractivity contribution in [2.24, 2.45) is 0 Å². The van der Waals surface area contributed by atoms with Gasteiger partial charge in [-0.3, -0.25) is 9.78 Å². The third kappa shape index (κ3) is 4.24. The van der Waals surface area contributed by atoms with E-state index < -0.39 is 11.5 Å². The maximum atomic E-state index is 12.6. The van der Waals surface area contributed by atoms with Gasteiger partial charge in [0.25, 0.3) is 0 Å². The van der Waals surface area contributed by atoms with Crippen LogP contribution in [0.25, 0.3) is 0 Å². The summed E-state index contributed by atoms with van der Waals surface area (Å²) in [7, 11) is 3.97. The summed E-state index contributed by atoms with van der Waals surface area (Å²) < 4.78 is 6.25. The number of hydrogen-bond donors (Lipinski definition) is 0. The molecule has 4 rings (SSSR count). The van der Waals surface area contributed by atoms with Gasteiger partial charge in [-0.1, -0.05) is 91.0 Å². The van der Waals surface area contributed by atoms with Crippen LogP contribution >= 0.6 is 0 Å². The molecule has 0 saturated carbocycles. The van der Waals surface area contributed by atoms with E-state index in [1.54, 1.807) is 6.20 Å². The van der Waals surface area contributed by atoms with Crippen molar-refractivity contribution in [3.8, 4) is 0 Å². The molecule has 0 bridgehead atoms. The quantitative estimate of drug-likeness (QED) is 0.272. The number of carbonyl (C=O) groups is 1. The van der Waals surface area contributed by atoms with Crippen LogP contribution in [0.2, 0.25) is 0 Å². The average molecular weight is 437 g/mol. The van der Waals surface area contributed by atoms with E-state index in [2.05, 4.69) is 41.4 Å². The summed E-state index contributed by atoms with van der Waals surface area (Å²) in [5.74, 6) is -0.347. The van der Waals surface area contributed by atoms with Gasteiger partial charge < -0.3 is 9.64 Å². The van der Waals surface area contributed by atoms with Gasteiger partial charge >= 0.3 is 5.97 Å². The number of anilines is 1. The van der Waals surface area contributed by atoms with Crippen LogP contribution in [0, 0.1) is 0 Å². The molecule has 0 aliphatic heterocycles. The summed E-state index contributed by atoms with van der Waals surface area (Å²) in [6.07, 6.45) is 2.92. The first-order valence-electron chi connectivity index (χ1n) is 11.0. The lowest BCUT2D eigenvalue weighted by atomic mass is 9.64. The van der Waals surface area contributed by atoms with E-state index in [1.165, 1.54) is 6.92 Å². The predicted molar refractivity (Wildman–Crippen MR) is 132 cm³/mol. The fraction of sp³-hybridized carbons (Fsp3) is 0.172. The second kappa shape index (κ2) is 9.70. The number of ether oxygens (including phenoxy) is 1. The lowest BCUT2D eigenvalue weighted by Crippen LogP contribution is -2.39. The molecule has 0 fully saturated rings. The van der Waals surface area contributed by atoms with Crippen molar-refractivity contribution in [3.63, 3.8) is 0 Å². The van der Waals surface area contributed by atoms with Crippen molar-refractivity contribution >= 4 is 11.7 Å². The van der Waals surface area contributed by atoms with Crippen molar-refractivity contribution in [1.29, 1.82) is 0 Å².